The van der Waals surface area contributed by atoms with Crippen molar-refractivity contribution in [2.24, 2.45) is 0 Å². The first kappa shape index (κ1) is 14.8. The largest absolute Gasteiger partial charge is 0.226 e. The molecule has 96 valence electrons. The molecule has 0 N–H and O–H groups in total. The summed E-state index contributed by atoms with van der Waals surface area (Å²) in [5.74, 6) is 2.28. The number of rotatable bonds is 6. The number of halogens is 1. The number of hydrogen-bond acceptors (Lipinski definition) is 3. The van der Waals surface area contributed by atoms with E-state index >= 15 is 0 Å². The minimum atomic E-state index is 0.322. The number of nitrogens with zero attached hydrogens (tertiary/aromatic N) is 2. The summed E-state index contributed by atoms with van der Waals surface area (Å²) in [5.41, 5.74) is 1.01. The highest BCUT2D eigenvalue weighted by Gasteiger charge is 2.11. The van der Waals surface area contributed by atoms with E-state index < -0.39 is 0 Å². The molecular weight excluding hydrogens is 252 g/mol. The molecule has 4 heteroatoms. The molecule has 1 aromatic heterocycles. The molecule has 0 spiro atoms. The van der Waals surface area contributed by atoms with Gasteiger partial charge in [-0.05, 0) is 19.1 Å². The molecule has 2 nitrogen and oxygen atoms in total. The number of unbranched alkanes of at least 4 members (excludes halogenated alkanes) is 2. The second-order valence-electron chi connectivity index (χ2n) is 4.51. The van der Waals surface area contributed by atoms with Crippen LogP contribution >= 0.6 is 23.4 Å². The fraction of sp³-hybridized carbons (Fsp3) is 0.692. The molecule has 0 bridgehead atoms. The Balaban J connectivity index is 2.75. The molecule has 0 amide bonds. The maximum absolute atomic E-state index is 6.14. The van der Waals surface area contributed by atoms with Gasteiger partial charge in [0.15, 0.2) is 0 Å². The second-order valence-corrected chi connectivity index (χ2v) is 5.95. The van der Waals surface area contributed by atoms with Crippen molar-refractivity contribution >= 4 is 23.4 Å². The van der Waals surface area contributed by atoms with Crippen LogP contribution in [0.1, 0.15) is 57.3 Å². The highest BCUT2D eigenvalue weighted by Crippen LogP contribution is 2.27. The van der Waals surface area contributed by atoms with Crippen LogP contribution in [0.25, 0.3) is 0 Å². The van der Waals surface area contributed by atoms with E-state index in [4.69, 9.17) is 11.6 Å². The van der Waals surface area contributed by atoms with Crippen LogP contribution in [0, 0.1) is 6.92 Å². The number of thioether (sulfide) groups is 1. The molecule has 0 aliphatic carbocycles. The maximum atomic E-state index is 6.14. The van der Waals surface area contributed by atoms with Gasteiger partial charge >= 0.3 is 0 Å². The van der Waals surface area contributed by atoms with Crippen LogP contribution < -0.4 is 0 Å². The standard InChI is InChI=1S/C13H21ClN2S/c1-5-6-7-8-17-13-10(4)11(14)15-12(16-13)9(2)3/h9H,5-8H2,1-4H3. The molecule has 0 aliphatic rings. The van der Waals surface area contributed by atoms with E-state index in [0.29, 0.717) is 11.1 Å². The van der Waals surface area contributed by atoms with Crippen LogP contribution in [-0.2, 0) is 0 Å². The highest BCUT2D eigenvalue weighted by molar-refractivity contribution is 7.99. The minimum Gasteiger partial charge on any atom is -0.226 e. The van der Waals surface area contributed by atoms with Gasteiger partial charge in [-0.1, -0.05) is 45.2 Å². The van der Waals surface area contributed by atoms with Crippen molar-refractivity contribution in [2.45, 2.75) is 57.9 Å². The molecule has 0 unspecified atom stereocenters. The molecule has 1 rings (SSSR count). The predicted molar refractivity (Wildman–Crippen MR) is 76.1 cm³/mol. The fourth-order valence-corrected chi connectivity index (χ4v) is 2.65. The minimum absolute atomic E-state index is 0.322. The molecule has 1 heterocycles. The van der Waals surface area contributed by atoms with Gasteiger partial charge in [0, 0.05) is 11.5 Å². The molecule has 0 fully saturated rings. The van der Waals surface area contributed by atoms with Gasteiger partial charge in [0.1, 0.15) is 16.0 Å². The summed E-state index contributed by atoms with van der Waals surface area (Å²) in [6, 6.07) is 0. The highest BCUT2D eigenvalue weighted by atomic mass is 35.5. The Morgan fingerprint density at radius 2 is 1.94 bits per heavy atom. The van der Waals surface area contributed by atoms with Crippen molar-refractivity contribution in [1.82, 2.24) is 9.97 Å². The normalized spacial score (nSPS) is 11.2. The summed E-state index contributed by atoms with van der Waals surface area (Å²) in [6.45, 7) is 8.39. The Hall–Kier alpha value is -0.280. The first-order valence-corrected chi connectivity index (χ1v) is 7.59. The molecule has 1 aromatic rings. The average Bonchev–Trinajstić information content (AvgIpc) is 2.29. The lowest BCUT2D eigenvalue weighted by atomic mass is 10.2. The second kappa shape index (κ2) is 7.22. The van der Waals surface area contributed by atoms with Gasteiger partial charge in [0.05, 0.1) is 0 Å². The van der Waals surface area contributed by atoms with Crippen molar-refractivity contribution in [3.8, 4) is 0 Å². The quantitative estimate of drug-likeness (QED) is 0.421. The Labute approximate surface area is 114 Å². The van der Waals surface area contributed by atoms with Gasteiger partial charge in [-0.2, -0.15) is 0 Å². The smallest absolute Gasteiger partial charge is 0.136 e. The van der Waals surface area contributed by atoms with Gasteiger partial charge in [-0.15, -0.1) is 11.8 Å². The molecule has 0 radical (unpaired) electrons. The molecule has 0 aliphatic heterocycles. The van der Waals surface area contributed by atoms with E-state index in [2.05, 4.69) is 30.7 Å². The lowest BCUT2D eigenvalue weighted by molar-refractivity contribution is 0.745. The zero-order valence-electron chi connectivity index (χ0n) is 11.1. The Bertz CT molecular complexity index is 367. The van der Waals surface area contributed by atoms with Gasteiger partial charge in [-0.3, -0.25) is 0 Å². The third-order valence-electron chi connectivity index (χ3n) is 2.56. The van der Waals surface area contributed by atoms with E-state index in [9.17, 15) is 0 Å². The number of hydrogen-bond donors (Lipinski definition) is 0. The summed E-state index contributed by atoms with van der Waals surface area (Å²) in [5, 5.41) is 1.64. The van der Waals surface area contributed by atoms with Crippen LogP contribution in [-0.4, -0.2) is 15.7 Å². The Kier molecular flexibility index (Phi) is 6.28. The third-order valence-corrected chi connectivity index (χ3v) is 4.09. The van der Waals surface area contributed by atoms with E-state index in [0.717, 1.165) is 22.2 Å². The summed E-state index contributed by atoms with van der Waals surface area (Å²) in [6.07, 6.45) is 3.77. The van der Waals surface area contributed by atoms with Gasteiger partial charge < -0.3 is 0 Å². The van der Waals surface area contributed by atoms with Crippen LogP contribution in [0.5, 0.6) is 0 Å². The van der Waals surface area contributed by atoms with Gasteiger partial charge in [-0.25, -0.2) is 9.97 Å². The van der Waals surface area contributed by atoms with E-state index in [1.807, 2.05) is 6.92 Å². The van der Waals surface area contributed by atoms with E-state index in [1.54, 1.807) is 11.8 Å². The molecule has 0 atom stereocenters. The van der Waals surface area contributed by atoms with Crippen molar-refractivity contribution in [3.63, 3.8) is 0 Å². The zero-order chi connectivity index (χ0) is 12.8. The van der Waals surface area contributed by atoms with Crippen molar-refractivity contribution < 1.29 is 0 Å². The summed E-state index contributed by atoms with van der Waals surface area (Å²) in [7, 11) is 0. The van der Waals surface area contributed by atoms with Crippen LogP contribution in [0.3, 0.4) is 0 Å². The summed E-state index contributed by atoms with van der Waals surface area (Å²) < 4.78 is 0. The van der Waals surface area contributed by atoms with Crippen molar-refractivity contribution in [2.75, 3.05) is 5.75 Å². The lowest BCUT2D eigenvalue weighted by Crippen LogP contribution is -2.02. The average molecular weight is 273 g/mol. The monoisotopic (exact) mass is 272 g/mol. The van der Waals surface area contributed by atoms with Crippen LogP contribution in [0.2, 0.25) is 5.15 Å². The SMILES string of the molecule is CCCCCSc1nc(C(C)C)nc(Cl)c1C. The maximum Gasteiger partial charge on any atom is 0.136 e. The molecular formula is C13H21ClN2S. The van der Waals surface area contributed by atoms with E-state index in [1.165, 1.54) is 19.3 Å². The van der Waals surface area contributed by atoms with Crippen LogP contribution in [0.4, 0.5) is 0 Å². The van der Waals surface area contributed by atoms with Gasteiger partial charge in [0.25, 0.3) is 0 Å². The summed E-state index contributed by atoms with van der Waals surface area (Å²) in [4.78, 5) is 8.92. The predicted octanol–water partition coefficient (Wildman–Crippen LogP) is 4.84. The summed E-state index contributed by atoms with van der Waals surface area (Å²) >= 11 is 7.94. The third kappa shape index (κ3) is 4.47. The Morgan fingerprint density at radius 3 is 2.53 bits per heavy atom. The van der Waals surface area contributed by atoms with E-state index in [-0.39, 0.29) is 0 Å². The zero-order valence-corrected chi connectivity index (χ0v) is 12.7. The lowest BCUT2D eigenvalue weighted by Gasteiger charge is -2.10. The van der Waals surface area contributed by atoms with Crippen LogP contribution in [0.15, 0.2) is 5.03 Å². The topological polar surface area (TPSA) is 25.8 Å². The van der Waals surface area contributed by atoms with Gasteiger partial charge in [0.2, 0.25) is 0 Å². The first-order chi connectivity index (χ1) is 8.06. The first-order valence-electron chi connectivity index (χ1n) is 6.23. The number of aromatic nitrogens is 2. The molecule has 0 aromatic carbocycles. The molecule has 0 saturated carbocycles. The fourth-order valence-electron chi connectivity index (χ4n) is 1.41. The van der Waals surface area contributed by atoms with Crippen molar-refractivity contribution in [3.05, 3.63) is 16.5 Å². The molecule has 17 heavy (non-hydrogen) atoms. The Morgan fingerprint density at radius 1 is 1.24 bits per heavy atom. The molecule has 0 saturated heterocycles. The van der Waals surface area contributed by atoms with Crippen molar-refractivity contribution in [1.29, 1.82) is 0 Å².